The van der Waals surface area contributed by atoms with Crippen molar-refractivity contribution in [1.82, 2.24) is 14.1 Å². The van der Waals surface area contributed by atoms with Gasteiger partial charge in [-0.1, -0.05) is 19.9 Å². The molecule has 0 aromatic heterocycles. The highest BCUT2D eigenvalue weighted by molar-refractivity contribution is 7.89. The maximum Gasteiger partial charge on any atom is 0.242 e. The molecule has 152 valence electrons. The van der Waals surface area contributed by atoms with Gasteiger partial charge < -0.3 is 10.2 Å². The van der Waals surface area contributed by atoms with E-state index in [4.69, 9.17) is 0 Å². The normalized spacial score (nSPS) is 18.0. The van der Waals surface area contributed by atoms with E-state index in [1.54, 1.807) is 12.1 Å². The molecule has 27 heavy (non-hydrogen) atoms. The van der Waals surface area contributed by atoms with Crippen molar-refractivity contribution >= 4 is 21.6 Å². The monoisotopic (exact) mass is 396 g/mol. The summed E-state index contributed by atoms with van der Waals surface area (Å²) in [6.07, 6.45) is 0. The van der Waals surface area contributed by atoms with Crippen LogP contribution in [-0.2, 0) is 14.8 Å². The third-order valence-electron chi connectivity index (χ3n) is 4.84. The SMILES string of the molecule is CC(C)CN1CCN(C(C)C(=O)Nc2cccc(S(=O)(=O)N(C)C)c2)CC1. The zero-order chi connectivity index (χ0) is 20.2. The summed E-state index contributed by atoms with van der Waals surface area (Å²) in [6.45, 7) is 11.1. The molecule has 0 spiro atoms. The molecular formula is C19H32N4O3S. The Morgan fingerprint density at radius 3 is 2.33 bits per heavy atom. The van der Waals surface area contributed by atoms with Gasteiger partial charge in [-0.25, -0.2) is 12.7 Å². The highest BCUT2D eigenvalue weighted by Gasteiger charge is 2.26. The van der Waals surface area contributed by atoms with E-state index in [0.29, 0.717) is 11.6 Å². The fraction of sp³-hybridized carbons (Fsp3) is 0.632. The molecule has 1 saturated heterocycles. The van der Waals surface area contributed by atoms with E-state index in [2.05, 4.69) is 29.0 Å². The van der Waals surface area contributed by atoms with Crippen molar-refractivity contribution in [1.29, 1.82) is 0 Å². The number of sulfonamides is 1. The van der Waals surface area contributed by atoms with Crippen LogP contribution < -0.4 is 5.32 Å². The van der Waals surface area contributed by atoms with Crippen molar-refractivity contribution in [3.8, 4) is 0 Å². The van der Waals surface area contributed by atoms with Gasteiger partial charge in [0.1, 0.15) is 0 Å². The number of amides is 1. The van der Waals surface area contributed by atoms with Crippen LogP contribution in [0.4, 0.5) is 5.69 Å². The summed E-state index contributed by atoms with van der Waals surface area (Å²) in [5, 5.41) is 2.86. The van der Waals surface area contributed by atoms with E-state index in [-0.39, 0.29) is 16.8 Å². The van der Waals surface area contributed by atoms with Crippen LogP contribution in [0, 0.1) is 5.92 Å². The van der Waals surface area contributed by atoms with E-state index >= 15 is 0 Å². The van der Waals surface area contributed by atoms with Crippen LogP contribution in [0.1, 0.15) is 20.8 Å². The van der Waals surface area contributed by atoms with Gasteiger partial charge in [-0.2, -0.15) is 0 Å². The van der Waals surface area contributed by atoms with Crippen LogP contribution in [0.2, 0.25) is 0 Å². The Kier molecular flexibility index (Phi) is 7.39. The summed E-state index contributed by atoms with van der Waals surface area (Å²) >= 11 is 0. The van der Waals surface area contributed by atoms with Crippen molar-refractivity contribution < 1.29 is 13.2 Å². The van der Waals surface area contributed by atoms with Crippen LogP contribution in [-0.4, -0.2) is 81.3 Å². The van der Waals surface area contributed by atoms with E-state index in [9.17, 15) is 13.2 Å². The van der Waals surface area contributed by atoms with Crippen LogP contribution in [0.15, 0.2) is 29.2 Å². The molecule has 1 fully saturated rings. The Morgan fingerprint density at radius 1 is 1.15 bits per heavy atom. The quantitative estimate of drug-likeness (QED) is 0.757. The average Bonchev–Trinajstić information content (AvgIpc) is 2.61. The Labute approximate surface area is 163 Å². The van der Waals surface area contributed by atoms with Gasteiger partial charge in [-0.3, -0.25) is 9.69 Å². The third kappa shape index (κ3) is 5.75. The Morgan fingerprint density at radius 2 is 1.78 bits per heavy atom. The molecule has 8 heteroatoms. The first kappa shape index (κ1) is 21.8. The first-order valence-electron chi connectivity index (χ1n) is 9.41. The highest BCUT2D eigenvalue weighted by atomic mass is 32.2. The van der Waals surface area contributed by atoms with E-state index < -0.39 is 10.0 Å². The number of piperazine rings is 1. The molecule has 0 aliphatic carbocycles. The molecule has 0 radical (unpaired) electrons. The summed E-state index contributed by atoms with van der Waals surface area (Å²) in [5.74, 6) is 0.523. The maximum atomic E-state index is 12.6. The summed E-state index contributed by atoms with van der Waals surface area (Å²) in [5.41, 5.74) is 0.494. The number of anilines is 1. The number of hydrogen-bond donors (Lipinski definition) is 1. The van der Waals surface area contributed by atoms with Crippen molar-refractivity contribution in [2.45, 2.75) is 31.7 Å². The number of carbonyl (C=O) groups is 1. The lowest BCUT2D eigenvalue weighted by molar-refractivity contribution is -0.121. The molecule has 1 amide bonds. The fourth-order valence-electron chi connectivity index (χ4n) is 3.21. The lowest BCUT2D eigenvalue weighted by atomic mass is 10.1. The molecule has 1 aliphatic rings. The second-order valence-corrected chi connectivity index (χ2v) is 9.86. The zero-order valence-electron chi connectivity index (χ0n) is 17.0. The number of rotatable bonds is 7. The fourth-order valence-corrected chi connectivity index (χ4v) is 4.16. The van der Waals surface area contributed by atoms with Crippen molar-refractivity contribution in [2.75, 3.05) is 52.1 Å². The second kappa shape index (κ2) is 9.14. The Balaban J connectivity index is 1.97. The van der Waals surface area contributed by atoms with Crippen molar-refractivity contribution in [3.05, 3.63) is 24.3 Å². The third-order valence-corrected chi connectivity index (χ3v) is 6.65. The van der Waals surface area contributed by atoms with Gasteiger partial charge in [0.05, 0.1) is 10.9 Å². The molecule has 7 nitrogen and oxygen atoms in total. The lowest BCUT2D eigenvalue weighted by Gasteiger charge is -2.38. The summed E-state index contributed by atoms with van der Waals surface area (Å²) < 4.78 is 25.7. The molecule has 1 atom stereocenters. The lowest BCUT2D eigenvalue weighted by Crippen LogP contribution is -2.53. The molecule has 0 bridgehead atoms. The Bertz CT molecular complexity index is 741. The van der Waals surface area contributed by atoms with Gasteiger partial charge >= 0.3 is 0 Å². The number of hydrogen-bond acceptors (Lipinski definition) is 5. The molecule has 2 rings (SSSR count). The topological polar surface area (TPSA) is 73.0 Å². The number of nitrogens with zero attached hydrogens (tertiary/aromatic N) is 3. The summed E-state index contributed by atoms with van der Waals surface area (Å²) in [4.78, 5) is 17.4. The van der Waals surface area contributed by atoms with Crippen LogP contribution in [0.5, 0.6) is 0 Å². The number of nitrogens with one attached hydrogen (secondary N) is 1. The smallest absolute Gasteiger partial charge is 0.242 e. The Hall–Kier alpha value is -1.48. The largest absolute Gasteiger partial charge is 0.325 e. The molecule has 1 aromatic rings. The van der Waals surface area contributed by atoms with Crippen LogP contribution in [0.25, 0.3) is 0 Å². The summed E-state index contributed by atoms with van der Waals surface area (Å²) in [7, 11) is -0.551. The first-order chi connectivity index (χ1) is 12.6. The minimum Gasteiger partial charge on any atom is -0.325 e. The predicted molar refractivity (Wildman–Crippen MR) is 108 cm³/mol. The molecule has 1 aliphatic heterocycles. The number of benzene rings is 1. The second-order valence-electron chi connectivity index (χ2n) is 7.71. The molecule has 1 aromatic carbocycles. The number of carbonyl (C=O) groups excluding carboxylic acids is 1. The predicted octanol–water partition coefficient (Wildman–Crippen LogP) is 1.54. The first-order valence-corrected chi connectivity index (χ1v) is 10.8. The van der Waals surface area contributed by atoms with Crippen molar-refractivity contribution in [3.63, 3.8) is 0 Å². The summed E-state index contributed by atoms with van der Waals surface area (Å²) in [6, 6.07) is 6.12. The van der Waals surface area contributed by atoms with Gasteiger partial charge in [0.25, 0.3) is 0 Å². The molecule has 1 heterocycles. The zero-order valence-corrected chi connectivity index (χ0v) is 17.8. The average molecular weight is 397 g/mol. The van der Waals surface area contributed by atoms with E-state index in [1.807, 2.05) is 6.92 Å². The van der Waals surface area contributed by atoms with Crippen LogP contribution >= 0.6 is 0 Å². The molecule has 0 saturated carbocycles. The maximum absolute atomic E-state index is 12.6. The van der Waals surface area contributed by atoms with E-state index in [0.717, 1.165) is 37.0 Å². The van der Waals surface area contributed by atoms with Gasteiger partial charge in [-0.05, 0) is 31.0 Å². The minimum atomic E-state index is -3.53. The minimum absolute atomic E-state index is 0.119. The molecular weight excluding hydrogens is 364 g/mol. The van der Waals surface area contributed by atoms with Gasteiger partial charge in [0.15, 0.2) is 0 Å². The van der Waals surface area contributed by atoms with Gasteiger partial charge in [-0.15, -0.1) is 0 Å². The van der Waals surface area contributed by atoms with E-state index in [1.165, 1.54) is 26.2 Å². The molecule has 1 N–H and O–H groups in total. The standard InChI is InChI=1S/C19H32N4O3S/c1-15(2)14-22-9-11-23(12-10-22)16(3)19(24)20-17-7-6-8-18(13-17)27(25,26)21(4)5/h6-8,13,15-16H,9-12,14H2,1-5H3,(H,20,24). The van der Waals surface area contributed by atoms with Crippen LogP contribution in [0.3, 0.4) is 0 Å². The van der Waals surface area contributed by atoms with Crippen molar-refractivity contribution in [2.24, 2.45) is 5.92 Å². The molecule has 1 unspecified atom stereocenters. The van der Waals surface area contributed by atoms with Gasteiger partial charge in [0.2, 0.25) is 15.9 Å². The highest BCUT2D eigenvalue weighted by Crippen LogP contribution is 2.19. The van der Waals surface area contributed by atoms with Gasteiger partial charge in [0, 0.05) is 52.5 Å².